The van der Waals surface area contributed by atoms with Crippen molar-refractivity contribution in [1.29, 1.82) is 0 Å². The summed E-state index contributed by atoms with van der Waals surface area (Å²) in [6, 6.07) is 13.3. The molecule has 6 heteroatoms. The average molecular weight is 331 g/mol. The Morgan fingerprint density at radius 3 is 2.80 bits per heavy atom. The number of pyridine rings is 1. The minimum atomic E-state index is -0.326. The number of hydrogen-bond donors (Lipinski definition) is 2. The third-order valence-corrected chi connectivity index (χ3v) is 4.22. The quantitative estimate of drug-likeness (QED) is 0.600. The van der Waals surface area contributed by atoms with Crippen molar-refractivity contribution in [3.05, 3.63) is 72.2 Å². The van der Waals surface area contributed by atoms with Gasteiger partial charge in [0.1, 0.15) is 11.3 Å². The Hall–Kier alpha value is -3.25. The summed E-state index contributed by atoms with van der Waals surface area (Å²) in [4.78, 5) is 7.51. The molecule has 4 rings (SSSR count). The van der Waals surface area contributed by atoms with Gasteiger partial charge in [-0.05, 0) is 47.5 Å². The van der Waals surface area contributed by atoms with Gasteiger partial charge >= 0.3 is 0 Å². The van der Waals surface area contributed by atoms with E-state index in [-0.39, 0.29) is 6.04 Å². The molecule has 0 amide bonds. The van der Waals surface area contributed by atoms with E-state index in [2.05, 4.69) is 20.2 Å². The molecule has 0 spiro atoms. The summed E-state index contributed by atoms with van der Waals surface area (Å²) in [5.74, 6) is 0.746. The van der Waals surface area contributed by atoms with Crippen LogP contribution < -0.4 is 10.5 Å². The molecule has 0 fully saturated rings. The van der Waals surface area contributed by atoms with Crippen molar-refractivity contribution in [2.24, 2.45) is 5.73 Å². The maximum Gasteiger partial charge on any atom is 0.124 e. The number of H-pyrrole nitrogens is 1. The standard InChI is InChI=1S/C19H17N5O/c1-25-18-5-4-12(16-10-17-15(23-16)6-8-22-24-17)9-14(18)19(20)13-3-2-7-21-11-13/h2-11,19,23H,20H2,1H3. The zero-order valence-electron chi connectivity index (χ0n) is 13.7. The van der Waals surface area contributed by atoms with Crippen molar-refractivity contribution >= 4 is 11.0 Å². The number of nitrogens with two attached hydrogens (primary N) is 1. The van der Waals surface area contributed by atoms with Gasteiger partial charge in [-0.25, -0.2) is 0 Å². The molecule has 3 aromatic heterocycles. The number of ether oxygens (including phenoxy) is 1. The molecule has 0 saturated carbocycles. The number of aromatic amines is 1. The minimum absolute atomic E-state index is 0.326. The van der Waals surface area contributed by atoms with Crippen LogP contribution in [0.4, 0.5) is 0 Å². The van der Waals surface area contributed by atoms with E-state index in [4.69, 9.17) is 10.5 Å². The van der Waals surface area contributed by atoms with E-state index >= 15 is 0 Å². The van der Waals surface area contributed by atoms with E-state index < -0.39 is 0 Å². The number of nitrogens with zero attached hydrogens (tertiary/aromatic N) is 3. The summed E-state index contributed by atoms with van der Waals surface area (Å²) in [6.07, 6.45) is 5.17. The molecule has 4 aromatic rings. The third-order valence-electron chi connectivity index (χ3n) is 4.22. The molecular weight excluding hydrogens is 314 g/mol. The van der Waals surface area contributed by atoms with Crippen molar-refractivity contribution in [3.63, 3.8) is 0 Å². The lowest BCUT2D eigenvalue weighted by Gasteiger charge is -2.17. The van der Waals surface area contributed by atoms with Gasteiger partial charge in [0.25, 0.3) is 0 Å². The first kappa shape index (κ1) is 15.3. The van der Waals surface area contributed by atoms with Crippen LogP contribution in [-0.4, -0.2) is 27.3 Å². The number of methoxy groups -OCH3 is 1. The van der Waals surface area contributed by atoms with E-state index in [1.54, 1.807) is 25.7 Å². The molecule has 6 nitrogen and oxygen atoms in total. The molecule has 3 N–H and O–H groups in total. The number of fused-ring (bicyclic) bond motifs is 1. The molecular formula is C19H17N5O. The fourth-order valence-corrected chi connectivity index (χ4v) is 2.91. The molecule has 1 aromatic carbocycles. The van der Waals surface area contributed by atoms with Crippen molar-refractivity contribution in [1.82, 2.24) is 20.2 Å². The average Bonchev–Trinajstić information content (AvgIpc) is 3.12. The molecule has 0 saturated heterocycles. The first-order chi connectivity index (χ1) is 12.3. The maximum absolute atomic E-state index is 6.46. The zero-order chi connectivity index (χ0) is 17.2. The van der Waals surface area contributed by atoms with Gasteiger partial charge < -0.3 is 15.5 Å². The van der Waals surface area contributed by atoms with Gasteiger partial charge in [0.15, 0.2) is 0 Å². The molecule has 25 heavy (non-hydrogen) atoms. The van der Waals surface area contributed by atoms with Gasteiger partial charge in [0, 0.05) is 23.7 Å². The van der Waals surface area contributed by atoms with Crippen LogP contribution in [0.3, 0.4) is 0 Å². The van der Waals surface area contributed by atoms with Crippen molar-refractivity contribution < 1.29 is 4.74 Å². The van der Waals surface area contributed by atoms with Gasteiger partial charge in [-0.1, -0.05) is 6.07 Å². The van der Waals surface area contributed by atoms with Crippen LogP contribution in [0.2, 0.25) is 0 Å². The fourth-order valence-electron chi connectivity index (χ4n) is 2.91. The summed E-state index contributed by atoms with van der Waals surface area (Å²) >= 11 is 0. The van der Waals surface area contributed by atoms with Crippen LogP contribution >= 0.6 is 0 Å². The maximum atomic E-state index is 6.46. The first-order valence-corrected chi connectivity index (χ1v) is 7.90. The molecule has 124 valence electrons. The fraction of sp³-hybridized carbons (Fsp3) is 0.105. The lowest BCUT2D eigenvalue weighted by molar-refractivity contribution is 0.408. The second-order valence-electron chi connectivity index (χ2n) is 5.73. The second kappa shape index (κ2) is 6.33. The summed E-state index contributed by atoms with van der Waals surface area (Å²) in [7, 11) is 1.65. The van der Waals surface area contributed by atoms with E-state index in [0.717, 1.165) is 39.2 Å². The van der Waals surface area contributed by atoms with Crippen LogP contribution in [0.25, 0.3) is 22.3 Å². The highest BCUT2D eigenvalue weighted by Gasteiger charge is 2.16. The number of hydrogen-bond acceptors (Lipinski definition) is 5. The number of benzene rings is 1. The molecule has 0 bridgehead atoms. The van der Waals surface area contributed by atoms with E-state index in [0.29, 0.717) is 0 Å². The molecule has 3 heterocycles. The predicted octanol–water partition coefficient (Wildman–Crippen LogP) is 3.08. The zero-order valence-corrected chi connectivity index (χ0v) is 13.7. The molecule has 0 aliphatic carbocycles. The van der Waals surface area contributed by atoms with Gasteiger partial charge in [0.05, 0.1) is 24.9 Å². The molecule has 1 atom stereocenters. The second-order valence-corrected chi connectivity index (χ2v) is 5.73. The van der Waals surface area contributed by atoms with Crippen LogP contribution in [0, 0.1) is 0 Å². The van der Waals surface area contributed by atoms with E-state index in [1.165, 1.54) is 0 Å². The highest BCUT2D eigenvalue weighted by Crippen LogP contribution is 2.33. The largest absolute Gasteiger partial charge is 0.496 e. The predicted molar refractivity (Wildman–Crippen MR) is 96.1 cm³/mol. The van der Waals surface area contributed by atoms with E-state index in [1.807, 2.05) is 42.5 Å². The molecule has 0 radical (unpaired) electrons. The summed E-state index contributed by atoms with van der Waals surface area (Å²) in [5.41, 5.74) is 12.0. The Morgan fingerprint density at radius 1 is 1.12 bits per heavy atom. The summed E-state index contributed by atoms with van der Waals surface area (Å²) in [5, 5.41) is 8.04. The normalized spacial score (nSPS) is 12.2. The van der Waals surface area contributed by atoms with Crippen LogP contribution in [0.15, 0.2) is 61.1 Å². The smallest absolute Gasteiger partial charge is 0.124 e. The lowest BCUT2D eigenvalue weighted by Crippen LogP contribution is -2.13. The Labute approximate surface area is 144 Å². The SMILES string of the molecule is COc1ccc(-c2cc3nnccc3[nH]2)cc1C(N)c1cccnc1. The minimum Gasteiger partial charge on any atom is -0.496 e. The van der Waals surface area contributed by atoms with Crippen molar-refractivity contribution in [2.75, 3.05) is 7.11 Å². The highest BCUT2D eigenvalue weighted by atomic mass is 16.5. The Kier molecular flexibility index (Phi) is 3.87. The Balaban J connectivity index is 1.80. The number of nitrogens with one attached hydrogen (secondary N) is 1. The van der Waals surface area contributed by atoms with Crippen LogP contribution in [-0.2, 0) is 0 Å². The van der Waals surface area contributed by atoms with Crippen molar-refractivity contribution in [3.8, 4) is 17.0 Å². The first-order valence-electron chi connectivity index (χ1n) is 7.90. The Bertz CT molecular complexity index is 980. The summed E-state index contributed by atoms with van der Waals surface area (Å²) < 4.78 is 5.50. The van der Waals surface area contributed by atoms with Crippen LogP contribution in [0.5, 0.6) is 5.75 Å². The topological polar surface area (TPSA) is 89.7 Å². The van der Waals surface area contributed by atoms with Crippen molar-refractivity contribution in [2.45, 2.75) is 6.04 Å². The third kappa shape index (κ3) is 2.83. The molecule has 0 aliphatic heterocycles. The lowest BCUT2D eigenvalue weighted by atomic mass is 9.97. The number of rotatable bonds is 4. The summed E-state index contributed by atoms with van der Waals surface area (Å²) in [6.45, 7) is 0. The Morgan fingerprint density at radius 2 is 2.04 bits per heavy atom. The molecule has 0 aliphatic rings. The van der Waals surface area contributed by atoms with Gasteiger partial charge in [-0.2, -0.15) is 5.10 Å². The highest BCUT2D eigenvalue weighted by molar-refractivity contribution is 5.82. The van der Waals surface area contributed by atoms with E-state index in [9.17, 15) is 0 Å². The monoisotopic (exact) mass is 331 g/mol. The van der Waals surface area contributed by atoms with Gasteiger partial charge in [-0.3, -0.25) is 4.98 Å². The van der Waals surface area contributed by atoms with Crippen LogP contribution in [0.1, 0.15) is 17.2 Å². The number of aromatic nitrogens is 4. The van der Waals surface area contributed by atoms with Gasteiger partial charge in [-0.15, -0.1) is 5.10 Å². The molecule has 1 unspecified atom stereocenters. The van der Waals surface area contributed by atoms with Gasteiger partial charge in [0.2, 0.25) is 0 Å².